The quantitative estimate of drug-likeness (QED) is 0.320. The zero-order valence-electron chi connectivity index (χ0n) is 16.9. The molecule has 2 rings (SSSR count). The fraction of sp³-hybridized carbons (Fsp3) is 0.632. The molecule has 2 unspecified atom stereocenters. The molecule has 6 nitrogen and oxygen atoms in total. The summed E-state index contributed by atoms with van der Waals surface area (Å²) in [6, 6.07) is 6.26. The third kappa shape index (κ3) is 7.23. The van der Waals surface area contributed by atoms with Crippen molar-refractivity contribution in [3.63, 3.8) is 0 Å². The van der Waals surface area contributed by atoms with Gasteiger partial charge in [0.15, 0.2) is 17.5 Å². The normalized spacial score (nSPS) is 18.0. The molecule has 2 N–H and O–H groups in total. The van der Waals surface area contributed by atoms with E-state index in [1.165, 1.54) is 24.2 Å². The van der Waals surface area contributed by atoms with Crippen LogP contribution in [0.3, 0.4) is 0 Å². The van der Waals surface area contributed by atoms with E-state index in [2.05, 4.69) is 40.7 Å². The summed E-state index contributed by atoms with van der Waals surface area (Å²) in [6.45, 7) is 1.72. The molecule has 1 heterocycles. The van der Waals surface area contributed by atoms with E-state index in [0.29, 0.717) is 5.25 Å². The first kappa shape index (κ1) is 24.2. The van der Waals surface area contributed by atoms with Gasteiger partial charge in [0.1, 0.15) is 0 Å². The van der Waals surface area contributed by atoms with E-state index in [-0.39, 0.29) is 30.0 Å². The molecule has 154 valence electrons. The van der Waals surface area contributed by atoms with Crippen molar-refractivity contribution in [1.29, 1.82) is 0 Å². The van der Waals surface area contributed by atoms with Crippen molar-refractivity contribution in [2.45, 2.75) is 24.1 Å². The van der Waals surface area contributed by atoms with Crippen LogP contribution in [0.4, 0.5) is 0 Å². The molecule has 0 radical (unpaired) electrons. The third-order valence-corrected chi connectivity index (χ3v) is 6.02. The number of ether oxygens (including phenoxy) is 2. The second-order valence-electron chi connectivity index (χ2n) is 6.56. The summed E-state index contributed by atoms with van der Waals surface area (Å²) in [4.78, 5) is 6.55. The Labute approximate surface area is 184 Å². The molecule has 1 aliphatic heterocycles. The molecule has 0 spiro atoms. The van der Waals surface area contributed by atoms with Crippen LogP contribution in [-0.2, 0) is 0 Å². The number of aliphatic imine (C=N–C) groups is 1. The highest BCUT2D eigenvalue weighted by Gasteiger charge is 2.18. The van der Waals surface area contributed by atoms with Crippen molar-refractivity contribution < 1.29 is 9.47 Å². The Morgan fingerprint density at radius 1 is 1.26 bits per heavy atom. The number of thioether (sulfide) groups is 1. The minimum Gasteiger partial charge on any atom is -0.493 e. The van der Waals surface area contributed by atoms with Crippen LogP contribution in [0.1, 0.15) is 24.4 Å². The highest BCUT2D eigenvalue weighted by atomic mass is 127. The van der Waals surface area contributed by atoms with E-state index in [1.807, 2.05) is 30.9 Å². The summed E-state index contributed by atoms with van der Waals surface area (Å²) in [5, 5.41) is 7.61. The lowest BCUT2D eigenvalue weighted by atomic mass is 10.1. The summed E-state index contributed by atoms with van der Waals surface area (Å²) in [5.74, 6) is 3.62. The van der Waals surface area contributed by atoms with Crippen molar-refractivity contribution in [3.05, 3.63) is 23.8 Å². The van der Waals surface area contributed by atoms with E-state index >= 15 is 0 Å². The zero-order chi connectivity index (χ0) is 18.9. The Bertz CT molecular complexity index is 595. The van der Waals surface area contributed by atoms with E-state index in [1.54, 1.807) is 14.2 Å². The van der Waals surface area contributed by atoms with Crippen molar-refractivity contribution in [3.8, 4) is 11.5 Å². The highest BCUT2D eigenvalue weighted by molar-refractivity contribution is 14.0. The predicted octanol–water partition coefficient (Wildman–Crippen LogP) is 2.99. The summed E-state index contributed by atoms with van der Waals surface area (Å²) >= 11 is 2.05. The molecule has 1 saturated heterocycles. The van der Waals surface area contributed by atoms with Crippen molar-refractivity contribution in [2.75, 3.05) is 54.2 Å². The first-order chi connectivity index (χ1) is 12.6. The minimum atomic E-state index is 0. The van der Waals surface area contributed by atoms with Gasteiger partial charge in [0.05, 0.1) is 20.3 Å². The summed E-state index contributed by atoms with van der Waals surface area (Å²) in [6.07, 6.45) is 2.62. The molecule has 0 saturated carbocycles. The van der Waals surface area contributed by atoms with Gasteiger partial charge in [-0.2, -0.15) is 11.8 Å². The van der Waals surface area contributed by atoms with Crippen molar-refractivity contribution >= 4 is 41.7 Å². The van der Waals surface area contributed by atoms with Gasteiger partial charge in [0, 0.05) is 25.4 Å². The Kier molecular flexibility index (Phi) is 11.2. The van der Waals surface area contributed by atoms with Crippen molar-refractivity contribution in [1.82, 2.24) is 15.5 Å². The lowest BCUT2D eigenvalue weighted by Crippen LogP contribution is -2.43. The molecule has 0 bridgehead atoms. The predicted molar refractivity (Wildman–Crippen MR) is 126 cm³/mol. The van der Waals surface area contributed by atoms with Gasteiger partial charge >= 0.3 is 0 Å². The molecule has 1 aromatic carbocycles. The number of hydrogen-bond donors (Lipinski definition) is 2. The molecule has 27 heavy (non-hydrogen) atoms. The van der Waals surface area contributed by atoms with E-state index in [0.717, 1.165) is 30.5 Å². The topological polar surface area (TPSA) is 58.1 Å². The molecular formula is C19H33IN4O2S. The Hall–Kier alpha value is -0.870. The number of halogens is 1. The Morgan fingerprint density at radius 3 is 2.56 bits per heavy atom. The summed E-state index contributed by atoms with van der Waals surface area (Å²) < 4.78 is 10.8. The van der Waals surface area contributed by atoms with Crippen LogP contribution in [0.5, 0.6) is 11.5 Å². The van der Waals surface area contributed by atoms with Crippen LogP contribution in [0.2, 0.25) is 0 Å². The summed E-state index contributed by atoms with van der Waals surface area (Å²) in [7, 11) is 9.29. The van der Waals surface area contributed by atoms with Gasteiger partial charge in [-0.25, -0.2) is 0 Å². The van der Waals surface area contributed by atoms with E-state index in [9.17, 15) is 0 Å². The van der Waals surface area contributed by atoms with Gasteiger partial charge in [-0.05, 0) is 50.4 Å². The maximum Gasteiger partial charge on any atom is 0.191 e. The van der Waals surface area contributed by atoms with Gasteiger partial charge in [-0.3, -0.25) is 4.99 Å². The van der Waals surface area contributed by atoms with Gasteiger partial charge in [0.25, 0.3) is 0 Å². The number of methoxy groups -OCH3 is 2. The SMILES string of the molecule is CN=C(NCC1CCCS1)NCC(c1ccc(OC)c(OC)c1)N(C)C.I. The average Bonchev–Trinajstić information content (AvgIpc) is 3.17. The second-order valence-corrected chi connectivity index (χ2v) is 7.97. The van der Waals surface area contributed by atoms with Gasteiger partial charge < -0.3 is 25.0 Å². The van der Waals surface area contributed by atoms with Crippen LogP contribution in [0.15, 0.2) is 23.2 Å². The molecule has 1 fully saturated rings. The van der Waals surface area contributed by atoms with Crippen LogP contribution in [0.25, 0.3) is 0 Å². The lowest BCUT2D eigenvalue weighted by molar-refractivity contribution is 0.295. The average molecular weight is 508 g/mol. The third-order valence-electron chi connectivity index (χ3n) is 4.62. The number of nitrogens with zero attached hydrogens (tertiary/aromatic N) is 2. The monoisotopic (exact) mass is 508 g/mol. The molecule has 0 aliphatic carbocycles. The van der Waals surface area contributed by atoms with Gasteiger partial charge in [-0.1, -0.05) is 6.07 Å². The molecule has 0 aromatic heterocycles. The van der Waals surface area contributed by atoms with E-state index in [4.69, 9.17) is 9.47 Å². The molecule has 0 amide bonds. The Morgan fingerprint density at radius 2 is 2.00 bits per heavy atom. The number of likely N-dealkylation sites (N-methyl/N-ethyl adjacent to an activating group) is 1. The van der Waals surface area contributed by atoms with Crippen molar-refractivity contribution in [2.24, 2.45) is 4.99 Å². The number of nitrogens with one attached hydrogen (secondary N) is 2. The number of rotatable bonds is 8. The first-order valence-electron chi connectivity index (χ1n) is 9.03. The number of benzene rings is 1. The molecule has 2 atom stereocenters. The second kappa shape index (κ2) is 12.6. The van der Waals surface area contributed by atoms with Crippen LogP contribution < -0.4 is 20.1 Å². The van der Waals surface area contributed by atoms with Crippen LogP contribution in [-0.4, -0.2) is 70.3 Å². The molecule has 1 aliphatic rings. The lowest BCUT2D eigenvalue weighted by Gasteiger charge is -2.27. The maximum absolute atomic E-state index is 5.45. The fourth-order valence-corrected chi connectivity index (χ4v) is 4.29. The molecular weight excluding hydrogens is 475 g/mol. The smallest absolute Gasteiger partial charge is 0.191 e. The van der Waals surface area contributed by atoms with Crippen LogP contribution >= 0.6 is 35.7 Å². The van der Waals surface area contributed by atoms with Crippen LogP contribution in [0, 0.1) is 0 Å². The Balaban J connectivity index is 0.00000364. The molecule has 8 heteroatoms. The first-order valence-corrected chi connectivity index (χ1v) is 10.1. The maximum atomic E-state index is 5.45. The fourth-order valence-electron chi connectivity index (χ4n) is 3.09. The van der Waals surface area contributed by atoms with Gasteiger partial charge in [0.2, 0.25) is 0 Å². The zero-order valence-corrected chi connectivity index (χ0v) is 20.1. The number of hydrogen-bond acceptors (Lipinski definition) is 5. The number of guanidine groups is 1. The standard InChI is InChI=1S/C19H32N4O2S.HI/c1-20-19(21-12-15-7-6-10-26-15)22-13-16(23(2)3)14-8-9-17(24-4)18(11-14)25-5;/h8-9,11,15-16H,6-7,10,12-13H2,1-5H3,(H2,20,21,22);1H. The summed E-state index contributed by atoms with van der Waals surface area (Å²) in [5.41, 5.74) is 1.17. The largest absolute Gasteiger partial charge is 0.493 e. The van der Waals surface area contributed by atoms with Gasteiger partial charge in [-0.15, -0.1) is 24.0 Å². The minimum absolute atomic E-state index is 0. The highest BCUT2D eigenvalue weighted by Crippen LogP contribution is 2.31. The molecule has 1 aromatic rings. The van der Waals surface area contributed by atoms with E-state index < -0.39 is 0 Å².